The molecule has 74 valence electrons. The SMILES string of the molecule is C=C(C)C/C(F)=C1\CNC(C)(C)C1. The van der Waals surface area contributed by atoms with Crippen LogP contribution in [0, 0.1) is 0 Å². The van der Waals surface area contributed by atoms with Crippen molar-refractivity contribution in [3.05, 3.63) is 23.6 Å². The van der Waals surface area contributed by atoms with E-state index < -0.39 is 0 Å². The number of hydrogen-bond donors (Lipinski definition) is 1. The second-order valence-electron chi connectivity index (χ2n) is 4.56. The highest BCUT2D eigenvalue weighted by molar-refractivity contribution is 5.21. The van der Waals surface area contributed by atoms with Crippen LogP contribution >= 0.6 is 0 Å². The normalized spacial score (nSPS) is 24.6. The Morgan fingerprint density at radius 1 is 1.62 bits per heavy atom. The molecule has 0 saturated carbocycles. The lowest BCUT2D eigenvalue weighted by atomic mass is 9.99. The lowest BCUT2D eigenvalue weighted by Crippen LogP contribution is -2.31. The molecule has 1 aliphatic heterocycles. The molecule has 0 atom stereocenters. The molecule has 1 N–H and O–H groups in total. The Kier molecular flexibility index (Phi) is 2.91. The molecule has 1 aliphatic rings. The van der Waals surface area contributed by atoms with E-state index in [1.54, 1.807) is 0 Å². The first-order chi connectivity index (χ1) is 5.91. The summed E-state index contributed by atoms with van der Waals surface area (Å²) in [5.41, 5.74) is 1.85. The monoisotopic (exact) mass is 183 g/mol. The average Bonchev–Trinajstić information content (AvgIpc) is 2.28. The van der Waals surface area contributed by atoms with E-state index in [2.05, 4.69) is 25.7 Å². The van der Waals surface area contributed by atoms with E-state index in [1.165, 1.54) is 0 Å². The van der Waals surface area contributed by atoms with E-state index in [9.17, 15) is 4.39 Å². The summed E-state index contributed by atoms with van der Waals surface area (Å²) in [4.78, 5) is 0. The highest BCUT2D eigenvalue weighted by Crippen LogP contribution is 2.27. The highest BCUT2D eigenvalue weighted by Gasteiger charge is 2.27. The lowest BCUT2D eigenvalue weighted by molar-refractivity contribution is 0.463. The summed E-state index contributed by atoms with van der Waals surface area (Å²) >= 11 is 0. The number of hydrogen-bond acceptors (Lipinski definition) is 1. The quantitative estimate of drug-likeness (QED) is 0.649. The van der Waals surface area contributed by atoms with Gasteiger partial charge in [0.05, 0.1) is 0 Å². The summed E-state index contributed by atoms with van der Waals surface area (Å²) in [6, 6.07) is 0. The molecule has 0 spiro atoms. The fourth-order valence-corrected chi connectivity index (χ4v) is 1.59. The van der Waals surface area contributed by atoms with Crippen molar-refractivity contribution in [3.8, 4) is 0 Å². The largest absolute Gasteiger partial charge is 0.308 e. The zero-order valence-corrected chi connectivity index (χ0v) is 8.71. The van der Waals surface area contributed by atoms with Crippen LogP contribution in [0.3, 0.4) is 0 Å². The first kappa shape index (κ1) is 10.5. The second kappa shape index (κ2) is 3.62. The maximum Gasteiger partial charge on any atom is 0.104 e. The van der Waals surface area contributed by atoms with Crippen LogP contribution in [0.4, 0.5) is 4.39 Å². The number of nitrogens with one attached hydrogen (secondary N) is 1. The molecule has 0 unspecified atom stereocenters. The minimum absolute atomic E-state index is 0.00516. The Bertz CT molecular complexity index is 251. The van der Waals surface area contributed by atoms with Crippen molar-refractivity contribution in [3.63, 3.8) is 0 Å². The Balaban J connectivity index is 2.67. The smallest absolute Gasteiger partial charge is 0.104 e. The molecule has 0 aromatic rings. The van der Waals surface area contributed by atoms with E-state index in [0.717, 1.165) is 17.6 Å². The van der Waals surface area contributed by atoms with Crippen LogP contribution in [-0.2, 0) is 0 Å². The third-order valence-corrected chi connectivity index (χ3v) is 2.28. The molecule has 2 heteroatoms. The molecule has 0 aromatic heterocycles. The highest BCUT2D eigenvalue weighted by atomic mass is 19.1. The van der Waals surface area contributed by atoms with Crippen molar-refractivity contribution in [2.45, 2.75) is 39.2 Å². The standard InChI is InChI=1S/C11H18FN/c1-8(2)5-10(12)9-6-11(3,4)13-7-9/h13H,1,5-7H2,2-4H3/b10-9+. The van der Waals surface area contributed by atoms with Crippen molar-refractivity contribution in [2.24, 2.45) is 0 Å². The van der Waals surface area contributed by atoms with Gasteiger partial charge in [-0.3, -0.25) is 0 Å². The molecule has 0 aliphatic carbocycles. The molecule has 1 rings (SSSR count). The summed E-state index contributed by atoms with van der Waals surface area (Å²) in [5.74, 6) is 0.00516. The molecular formula is C11H18FN. The molecule has 0 amide bonds. The van der Waals surface area contributed by atoms with Gasteiger partial charge in [0.2, 0.25) is 0 Å². The summed E-state index contributed by atoms with van der Waals surface area (Å²) in [6.07, 6.45) is 1.21. The predicted molar refractivity (Wildman–Crippen MR) is 54.3 cm³/mol. The zero-order valence-electron chi connectivity index (χ0n) is 8.71. The maximum absolute atomic E-state index is 13.5. The summed E-state index contributed by atoms with van der Waals surface area (Å²) in [7, 11) is 0. The Morgan fingerprint density at radius 3 is 2.62 bits per heavy atom. The van der Waals surface area contributed by atoms with Gasteiger partial charge in [0.1, 0.15) is 5.83 Å². The minimum Gasteiger partial charge on any atom is -0.308 e. The van der Waals surface area contributed by atoms with E-state index in [4.69, 9.17) is 0 Å². The molecule has 1 heterocycles. The van der Waals surface area contributed by atoms with E-state index in [0.29, 0.717) is 13.0 Å². The van der Waals surface area contributed by atoms with Crippen LogP contribution < -0.4 is 5.32 Å². The number of allylic oxidation sites excluding steroid dienone is 2. The molecule has 1 nitrogen and oxygen atoms in total. The molecule has 1 fully saturated rings. The molecule has 0 radical (unpaired) electrons. The van der Waals surface area contributed by atoms with Crippen molar-refractivity contribution < 1.29 is 4.39 Å². The van der Waals surface area contributed by atoms with E-state index in [1.807, 2.05) is 6.92 Å². The van der Waals surface area contributed by atoms with Gasteiger partial charge in [-0.15, -0.1) is 0 Å². The average molecular weight is 183 g/mol. The first-order valence-corrected chi connectivity index (χ1v) is 4.66. The van der Waals surface area contributed by atoms with Crippen LogP contribution in [0.5, 0.6) is 0 Å². The van der Waals surface area contributed by atoms with Crippen molar-refractivity contribution in [1.82, 2.24) is 5.32 Å². The molecule has 13 heavy (non-hydrogen) atoms. The van der Waals surface area contributed by atoms with E-state index >= 15 is 0 Å². The minimum atomic E-state index is 0.00516. The van der Waals surface area contributed by atoms with Crippen molar-refractivity contribution >= 4 is 0 Å². The van der Waals surface area contributed by atoms with Crippen molar-refractivity contribution in [1.29, 1.82) is 0 Å². The Labute approximate surface area is 79.7 Å². The fraction of sp³-hybridized carbons (Fsp3) is 0.636. The fourth-order valence-electron chi connectivity index (χ4n) is 1.59. The van der Waals surface area contributed by atoms with Crippen LogP contribution in [0.25, 0.3) is 0 Å². The lowest BCUT2D eigenvalue weighted by Gasteiger charge is -2.15. The van der Waals surface area contributed by atoms with Gasteiger partial charge in [-0.05, 0) is 32.8 Å². The van der Waals surface area contributed by atoms with Gasteiger partial charge in [-0.25, -0.2) is 4.39 Å². The van der Waals surface area contributed by atoms with Gasteiger partial charge in [-0.1, -0.05) is 12.2 Å². The molecule has 0 aromatic carbocycles. The van der Waals surface area contributed by atoms with Crippen LogP contribution in [0.15, 0.2) is 23.6 Å². The number of rotatable bonds is 2. The van der Waals surface area contributed by atoms with Gasteiger partial charge in [0.15, 0.2) is 0 Å². The number of halogens is 1. The van der Waals surface area contributed by atoms with Crippen LogP contribution in [-0.4, -0.2) is 12.1 Å². The van der Waals surface area contributed by atoms with Gasteiger partial charge in [0, 0.05) is 18.5 Å². The van der Waals surface area contributed by atoms with E-state index in [-0.39, 0.29) is 11.4 Å². The zero-order chi connectivity index (χ0) is 10.1. The van der Waals surface area contributed by atoms with Crippen molar-refractivity contribution in [2.75, 3.05) is 6.54 Å². The predicted octanol–water partition coefficient (Wildman–Crippen LogP) is 2.95. The summed E-state index contributed by atoms with van der Waals surface area (Å²) in [5, 5.41) is 3.27. The summed E-state index contributed by atoms with van der Waals surface area (Å²) in [6.45, 7) is 10.4. The third-order valence-electron chi connectivity index (χ3n) is 2.28. The Hall–Kier alpha value is -0.630. The van der Waals surface area contributed by atoms with Crippen LogP contribution in [0.2, 0.25) is 0 Å². The maximum atomic E-state index is 13.5. The molecule has 0 bridgehead atoms. The summed E-state index contributed by atoms with van der Waals surface area (Å²) < 4.78 is 13.5. The third kappa shape index (κ3) is 2.96. The topological polar surface area (TPSA) is 12.0 Å². The first-order valence-electron chi connectivity index (χ1n) is 4.66. The van der Waals surface area contributed by atoms with Gasteiger partial charge < -0.3 is 5.32 Å². The molecule has 1 saturated heterocycles. The molecular weight excluding hydrogens is 165 g/mol. The van der Waals surface area contributed by atoms with Gasteiger partial charge in [-0.2, -0.15) is 0 Å². The van der Waals surface area contributed by atoms with Gasteiger partial charge in [0.25, 0.3) is 0 Å². The van der Waals surface area contributed by atoms with Gasteiger partial charge >= 0.3 is 0 Å². The second-order valence-corrected chi connectivity index (χ2v) is 4.56. The van der Waals surface area contributed by atoms with Crippen LogP contribution in [0.1, 0.15) is 33.6 Å². The Morgan fingerprint density at radius 2 is 2.23 bits per heavy atom.